The highest BCUT2D eigenvalue weighted by Crippen LogP contribution is 2.35. The Morgan fingerprint density at radius 2 is 2.00 bits per heavy atom. The van der Waals surface area contributed by atoms with Crippen molar-refractivity contribution < 1.29 is 4.79 Å². The maximum Gasteiger partial charge on any atom is 0.236 e. The SMILES string of the molecule is CC(C)(Sc1ccc(Br)cc1)C(=O)NC(CN)C1CC1.Cl. The van der Waals surface area contributed by atoms with Crippen molar-refractivity contribution in [2.24, 2.45) is 11.7 Å². The molecule has 6 heteroatoms. The number of nitrogens with two attached hydrogens (primary N) is 1. The smallest absolute Gasteiger partial charge is 0.236 e. The van der Waals surface area contributed by atoms with Gasteiger partial charge in [0.2, 0.25) is 5.91 Å². The molecule has 1 aromatic rings. The van der Waals surface area contributed by atoms with Crippen molar-refractivity contribution in [1.82, 2.24) is 5.32 Å². The van der Waals surface area contributed by atoms with Gasteiger partial charge in [0.1, 0.15) is 0 Å². The minimum absolute atomic E-state index is 0. The largest absolute Gasteiger partial charge is 0.351 e. The highest BCUT2D eigenvalue weighted by molar-refractivity contribution is 9.10. The van der Waals surface area contributed by atoms with Crippen LogP contribution < -0.4 is 11.1 Å². The predicted molar refractivity (Wildman–Crippen MR) is 95.0 cm³/mol. The van der Waals surface area contributed by atoms with Crippen molar-refractivity contribution in [1.29, 1.82) is 0 Å². The van der Waals surface area contributed by atoms with E-state index in [1.165, 1.54) is 12.8 Å². The third-order valence-corrected chi connectivity index (χ3v) is 5.23. The molecule has 1 amide bonds. The molecule has 1 fully saturated rings. The van der Waals surface area contributed by atoms with Crippen molar-refractivity contribution in [3.63, 3.8) is 0 Å². The maximum atomic E-state index is 12.4. The number of hydrogen-bond acceptors (Lipinski definition) is 3. The Morgan fingerprint density at radius 3 is 2.48 bits per heavy atom. The molecule has 1 aliphatic rings. The van der Waals surface area contributed by atoms with E-state index >= 15 is 0 Å². The van der Waals surface area contributed by atoms with Gasteiger partial charge in [-0.15, -0.1) is 24.2 Å². The molecule has 0 radical (unpaired) electrons. The van der Waals surface area contributed by atoms with Gasteiger partial charge in [0, 0.05) is 22.0 Å². The van der Waals surface area contributed by atoms with Crippen LogP contribution in [0.1, 0.15) is 26.7 Å². The second kappa shape index (κ2) is 7.86. The summed E-state index contributed by atoms with van der Waals surface area (Å²) >= 11 is 4.99. The molecule has 1 atom stereocenters. The van der Waals surface area contributed by atoms with Gasteiger partial charge in [-0.1, -0.05) is 15.9 Å². The zero-order chi connectivity index (χ0) is 14.8. The Balaban J connectivity index is 0.00000220. The Labute approximate surface area is 145 Å². The van der Waals surface area contributed by atoms with E-state index in [-0.39, 0.29) is 24.4 Å². The van der Waals surface area contributed by atoms with Crippen molar-refractivity contribution in [3.8, 4) is 0 Å². The van der Waals surface area contributed by atoms with Crippen molar-refractivity contribution in [3.05, 3.63) is 28.7 Å². The molecule has 1 unspecified atom stereocenters. The van der Waals surface area contributed by atoms with E-state index in [0.717, 1.165) is 9.37 Å². The molecule has 0 aliphatic heterocycles. The summed E-state index contributed by atoms with van der Waals surface area (Å²) < 4.78 is 0.539. The number of carbonyl (C=O) groups excluding carboxylic acids is 1. The number of rotatable bonds is 6. The number of hydrogen-bond donors (Lipinski definition) is 2. The molecule has 1 aromatic carbocycles. The molecule has 21 heavy (non-hydrogen) atoms. The van der Waals surface area contributed by atoms with Crippen LogP contribution in [0.25, 0.3) is 0 Å². The van der Waals surface area contributed by atoms with Crippen molar-refractivity contribution in [2.45, 2.75) is 42.4 Å². The van der Waals surface area contributed by atoms with Gasteiger partial charge in [-0.2, -0.15) is 0 Å². The normalized spacial score (nSPS) is 16.0. The highest BCUT2D eigenvalue weighted by Gasteiger charge is 2.35. The third kappa shape index (κ3) is 5.47. The Hall–Kier alpha value is -0.230. The molecule has 118 valence electrons. The summed E-state index contributed by atoms with van der Waals surface area (Å²) in [6, 6.07) is 8.15. The molecule has 3 nitrogen and oxygen atoms in total. The number of carbonyl (C=O) groups is 1. The van der Waals surface area contributed by atoms with E-state index in [0.29, 0.717) is 12.5 Å². The predicted octanol–water partition coefficient (Wildman–Crippen LogP) is 3.60. The highest BCUT2D eigenvalue weighted by atomic mass is 79.9. The zero-order valence-electron chi connectivity index (χ0n) is 12.3. The first kappa shape index (κ1) is 18.8. The number of thioether (sulfide) groups is 1. The first-order valence-corrected chi connectivity index (χ1v) is 8.49. The summed E-state index contributed by atoms with van der Waals surface area (Å²) in [6.45, 7) is 4.43. The molecule has 0 bridgehead atoms. The van der Waals surface area contributed by atoms with E-state index in [9.17, 15) is 4.79 Å². The van der Waals surface area contributed by atoms with Crippen molar-refractivity contribution in [2.75, 3.05) is 6.54 Å². The van der Waals surface area contributed by atoms with E-state index in [1.807, 2.05) is 38.1 Å². The second-order valence-corrected chi connectivity index (χ2v) is 8.33. The topological polar surface area (TPSA) is 55.1 Å². The van der Waals surface area contributed by atoms with Gasteiger partial charge in [-0.3, -0.25) is 4.79 Å². The molecule has 2 rings (SSSR count). The summed E-state index contributed by atoms with van der Waals surface area (Å²) in [7, 11) is 0. The van der Waals surface area contributed by atoms with Gasteiger partial charge in [0.15, 0.2) is 0 Å². The van der Waals surface area contributed by atoms with Gasteiger partial charge < -0.3 is 11.1 Å². The van der Waals surface area contributed by atoms with Crippen LogP contribution in [-0.4, -0.2) is 23.2 Å². The lowest BCUT2D eigenvalue weighted by atomic mass is 10.1. The lowest BCUT2D eigenvalue weighted by molar-refractivity contribution is -0.123. The molecule has 1 saturated carbocycles. The standard InChI is InChI=1S/C15H21BrN2OS.ClH/c1-15(2,20-12-7-5-11(16)6-8-12)14(19)18-13(9-17)10-3-4-10;/h5-8,10,13H,3-4,9,17H2,1-2H3,(H,18,19);1H. The first-order chi connectivity index (χ1) is 9.42. The summed E-state index contributed by atoms with van der Waals surface area (Å²) in [5.74, 6) is 0.644. The average Bonchev–Trinajstić information content (AvgIpc) is 3.22. The van der Waals surface area contributed by atoms with E-state index in [1.54, 1.807) is 11.8 Å². The van der Waals surface area contributed by atoms with Gasteiger partial charge in [0.05, 0.1) is 4.75 Å². The fourth-order valence-corrected chi connectivity index (χ4v) is 3.33. The Morgan fingerprint density at radius 1 is 1.43 bits per heavy atom. The molecule has 0 aromatic heterocycles. The van der Waals surface area contributed by atoms with Gasteiger partial charge in [0.25, 0.3) is 0 Å². The average molecular weight is 394 g/mol. The van der Waals surface area contributed by atoms with Gasteiger partial charge >= 0.3 is 0 Å². The van der Waals surface area contributed by atoms with E-state index < -0.39 is 4.75 Å². The minimum atomic E-state index is -0.504. The lowest BCUT2D eigenvalue weighted by Gasteiger charge is -2.26. The molecular formula is C15H22BrClN2OS. The van der Waals surface area contributed by atoms with E-state index in [2.05, 4.69) is 21.2 Å². The van der Waals surface area contributed by atoms with Crippen LogP contribution in [0.4, 0.5) is 0 Å². The molecule has 3 N–H and O–H groups in total. The fourth-order valence-electron chi connectivity index (χ4n) is 2.05. The Kier molecular flexibility index (Phi) is 7.04. The third-order valence-electron chi connectivity index (χ3n) is 3.49. The van der Waals surface area contributed by atoms with Crippen LogP contribution in [0.2, 0.25) is 0 Å². The van der Waals surface area contributed by atoms with Crippen LogP contribution in [0, 0.1) is 5.92 Å². The van der Waals surface area contributed by atoms with Gasteiger partial charge in [-0.05, 0) is 56.9 Å². The Bertz CT molecular complexity index is 477. The minimum Gasteiger partial charge on any atom is -0.351 e. The summed E-state index contributed by atoms with van der Waals surface area (Å²) in [5, 5.41) is 3.11. The number of nitrogens with one attached hydrogen (secondary N) is 1. The molecule has 0 spiro atoms. The number of halogens is 2. The summed E-state index contributed by atoms with van der Waals surface area (Å²) in [6.07, 6.45) is 2.37. The number of amides is 1. The second-order valence-electron chi connectivity index (χ2n) is 5.72. The summed E-state index contributed by atoms with van der Waals surface area (Å²) in [4.78, 5) is 13.5. The van der Waals surface area contributed by atoms with Gasteiger partial charge in [-0.25, -0.2) is 0 Å². The quantitative estimate of drug-likeness (QED) is 0.726. The van der Waals surface area contributed by atoms with Crippen LogP contribution in [0.15, 0.2) is 33.6 Å². The molecular weight excluding hydrogens is 372 g/mol. The van der Waals surface area contributed by atoms with Crippen molar-refractivity contribution >= 4 is 46.0 Å². The molecule has 0 saturated heterocycles. The monoisotopic (exact) mass is 392 g/mol. The van der Waals surface area contributed by atoms with Crippen LogP contribution >= 0.6 is 40.1 Å². The summed E-state index contributed by atoms with van der Waals surface area (Å²) in [5.41, 5.74) is 5.75. The van der Waals surface area contributed by atoms with Crippen LogP contribution in [0.5, 0.6) is 0 Å². The maximum absolute atomic E-state index is 12.4. The first-order valence-electron chi connectivity index (χ1n) is 6.88. The fraction of sp³-hybridized carbons (Fsp3) is 0.533. The zero-order valence-corrected chi connectivity index (χ0v) is 15.5. The lowest BCUT2D eigenvalue weighted by Crippen LogP contribution is -2.48. The molecule has 1 aliphatic carbocycles. The van der Waals surface area contributed by atoms with Crippen LogP contribution in [0.3, 0.4) is 0 Å². The number of benzene rings is 1. The van der Waals surface area contributed by atoms with Crippen LogP contribution in [-0.2, 0) is 4.79 Å². The molecule has 0 heterocycles. The van der Waals surface area contributed by atoms with E-state index in [4.69, 9.17) is 5.73 Å².